The fraction of sp³-hybridized carbons (Fsp3) is 0.167. The number of aryl methyl sites for hydroxylation is 1. The number of rotatable bonds is 6. The Morgan fingerprint density at radius 3 is 2.67 bits per heavy atom. The molecule has 0 bridgehead atoms. The minimum Gasteiger partial charge on any atom is -0.481 e. The number of sulfonamides is 1. The van der Waals surface area contributed by atoms with Crippen LogP contribution in [0.25, 0.3) is 11.3 Å². The van der Waals surface area contributed by atoms with Crippen LogP contribution >= 0.6 is 11.6 Å². The number of H-pyrrole nitrogens is 1. The van der Waals surface area contributed by atoms with Gasteiger partial charge >= 0.3 is 5.69 Å². The van der Waals surface area contributed by atoms with Crippen LogP contribution in [0.4, 0.5) is 10.2 Å². The van der Waals surface area contributed by atoms with Crippen molar-refractivity contribution in [2.24, 2.45) is 10.1 Å². The number of hydrogen-bond acceptors (Lipinski definition) is 6. The molecule has 0 saturated carbocycles. The summed E-state index contributed by atoms with van der Waals surface area (Å²) < 4.78 is 43.9. The van der Waals surface area contributed by atoms with Gasteiger partial charge in [-0.25, -0.2) is 27.7 Å². The smallest absolute Gasteiger partial charge is 0.326 e. The fourth-order valence-electron chi connectivity index (χ4n) is 2.99. The molecule has 0 aliphatic heterocycles. The van der Waals surface area contributed by atoms with Gasteiger partial charge in [-0.05, 0) is 31.8 Å². The number of pyridine rings is 1. The third-order valence-electron chi connectivity index (χ3n) is 4.39. The highest BCUT2D eigenvalue weighted by Gasteiger charge is 2.21. The van der Waals surface area contributed by atoms with Crippen molar-refractivity contribution in [2.45, 2.75) is 18.4 Å². The van der Waals surface area contributed by atoms with E-state index in [2.05, 4.69) is 21.7 Å². The van der Waals surface area contributed by atoms with Crippen LogP contribution in [0.1, 0.15) is 11.3 Å². The minimum atomic E-state index is -4.15. The number of aliphatic imine (C=N–C) groups is 1. The molecule has 0 aliphatic carbocycles. The normalized spacial score (nSPS) is 11.5. The van der Waals surface area contributed by atoms with Gasteiger partial charge in [0.2, 0.25) is 15.9 Å². The van der Waals surface area contributed by atoms with Crippen LogP contribution < -0.4 is 15.6 Å². The maximum Gasteiger partial charge on any atom is 0.326 e. The number of nitrogens with zero attached hydrogens (tertiary/aromatic N) is 3. The second kappa shape index (κ2) is 8.01. The summed E-state index contributed by atoms with van der Waals surface area (Å²) in [5.74, 6) is -0.407. The molecule has 0 aliphatic rings. The van der Waals surface area contributed by atoms with E-state index in [1.807, 2.05) is 0 Å². The second-order valence-electron chi connectivity index (χ2n) is 6.28. The highest BCUT2D eigenvalue weighted by atomic mass is 35.5. The number of imidazole rings is 1. The van der Waals surface area contributed by atoms with Crippen LogP contribution in [-0.2, 0) is 16.6 Å². The zero-order valence-corrected chi connectivity index (χ0v) is 17.5. The van der Waals surface area contributed by atoms with E-state index in [0.717, 1.165) is 12.1 Å². The topological polar surface area (TPSA) is 132 Å². The van der Waals surface area contributed by atoms with E-state index in [4.69, 9.17) is 21.5 Å². The molecule has 2 heterocycles. The van der Waals surface area contributed by atoms with E-state index in [9.17, 15) is 17.6 Å². The number of aromatic amines is 1. The molecule has 3 rings (SSSR count). The highest BCUT2D eigenvalue weighted by Crippen LogP contribution is 2.33. The standard InChI is InChI=1S/C18H17ClFN5O4S/c1-9-16(11-4-5-15(29-3)24-17(11)22-2)25(18(26)23-9)8-12-13(19)6-10(7-14(12)20)30(21,27)28/h4-7H,2,8H2,1,3H3,(H,23,26)(H2,21,27,28). The number of aromatic nitrogens is 3. The van der Waals surface area contributed by atoms with Crippen molar-refractivity contribution < 1.29 is 17.5 Å². The van der Waals surface area contributed by atoms with Crippen LogP contribution in [0.15, 0.2) is 38.9 Å². The van der Waals surface area contributed by atoms with Crippen molar-refractivity contribution in [2.75, 3.05) is 7.11 Å². The molecule has 0 spiro atoms. The van der Waals surface area contributed by atoms with E-state index in [0.29, 0.717) is 22.8 Å². The molecule has 9 nitrogen and oxygen atoms in total. The Morgan fingerprint density at radius 1 is 1.40 bits per heavy atom. The van der Waals surface area contributed by atoms with Gasteiger partial charge in [-0.1, -0.05) is 11.6 Å². The van der Waals surface area contributed by atoms with Crippen LogP contribution in [0.3, 0.4) is 0 Å². The molecular formula is C18H17ClFN5O4S. The Bertz CT molecular complexity index is 1290. The van der Waals surface area contributed by atoms with Gasteiger partial charge in [0, 0.05) is 27.9 Å². The van der Waals surface area contributed by atoms with Crippen molar-refractivity contribution in [3.63, 3.8) is 0 Å². The lowest BCUT2D eigenvalue weighted by Crippen LogP contribution is -2.20. The zero-order chi connectivity index (χ0) is 22.2. The number of ether oxygens (including phenoxy) is 1. The lowest BCUT2D eigenvalue weighted by Gasteiger charge is -2.13. The summed E-state index contributed by atoms with van der Waals surface area (Å²) in [5.41, 5.74) is 0.720. The summed E-state index contributed by atoms with van der Waals surface area (Å²) in [6.07, 6.45) is 0. The lowest BCUT2D eigenvalue weighted by molar-refractivity contribution is 0.398. The Morgan fingerprint density at radius 2 is 2.10 bits per heavy atom. The van der Waals surface area contributed by atoms with Gasteiger partial charge in [-0.3, -0.25) is 4.57 Å². The van der Waals surface area contributed by atoms with Crippen LogP contribution in [0.2, 0.25) is 5.02 Å². The zero-order valence-electron chi connectivity index (χ0n) is 15.9. The predicted octanol–water partition coefficient (Wildman–Crippen LogP) is 2.38. The molecule has 3 N–H and O–H groups in total. The molecule has 0 amide bonds. The Balaban J connectivity index is 2.18. The fourth-order valence-corrected chi connectivity index (χ4v) is 3.87. The first kappa shape index (κ1) is 21.7. The molecule has 0 fully saturated rings. The molecule has 30 heavy (non-hydrogen) atoms. The highest BCUT2D eigenvalue weighted by molar-refractivity contribution is 7.89. The first-order valence-electron chi connectivity index (χ1n) is 8.39. The van der Waals surface area contributed by atoms with E-state index >= 15 is 0 Å². The molecule has 0 atom stereocenters. The summed E-state index contributed by atoms with van der Waals surface area (Å²) >= 11 is 6.10. The van der Waals surface area contributed by atoms with Crippen LogP contribution in [-0.4, -0.2) is 36.8 Å². The average Bonchev–Trinajstić information content (AvgIpc) is 2.95. The minimum absolute atomic E-state index is 0.0824. The van der Waals surface area contributed by atoms with E-state index < -0.39 is 26.4 Å². The number of methoxy groups -OCH3 is 1. The predicted molar refractivity (Wildman–Crippen MR) is 111 cm³/mol. The monoisotopic (exact) mass is 453 g/mol. The Kier molecular flexibility index (Phi) is 5.79. The molecule has 158 valence electrons. The maximum atomic E-state index is 14.7. The van der Waals surface area contributed by atoms with Gasteiger partial charge in [-0.15, -0.1) is 0 Å². The quantitative estimate of drug-likeness (QED) is 0.553. The molecule has 12 heteroatoms. The molecule has 0 unspecified atom stereocenters. The summed E-state index contributed by atoms with van der Waals surface area (Å²) in [6.45, 7) is 4.87. The number of halogens is 2. The van der Waals surface area contributed by atoms with Crippen molar-refractivity contribution >= 4 is 34.2 Å². The number of hydrogen-bond donors (Lipinski definition) is 2. The Labute approximate surface area is 176 Å². The molecule has 0 radical (unpaired) electrons. The van der Waals surface area contributed by atoms with Gasteiger partial charge in [0.05, 0.1) is 24.2 Å². The Hall–Kier alpha value is -3.02. The molecule has 2 aromatic heterocycles. The van der Waals surface area contributed by atoms with Gasteiger partial charge in [0.25, 0.3) is 0 Å². The van der Waals surface area contributed by atoms with Crippen molar-refractivity contribution in [3.8, 4) is 17.1 Å². The number of nitrogens with one attached hydrogen (secondary N) is 1. The summed E-state index contributed by atoms with van der Waals surface area (Å²) in [4.78, 5) is 22.8. The van der Waals surface area contributed by atoms with Gasteiger partial charge < -0.3 is 9.72 Å². The molecular weight excluding hydrogens is 437 g/mol. The van der Waals surface area contributed by atoms with Gasteiger partial charge in [0.1, 0.15) is 5.82 Å². The van der Waals surface area contributed by atoms with Gasteiger partial charge in [0.15, 0.2) is 5.82 Å². The molecule has 1 aromatic carbocycles. The number of nitrogens with two attached hydrogens (primary N) is 1. The second-order valence-corrected chi connectivity index (χ2v) is 8.25. The first-order valence-corrected chi connectivity index (χ1v) is 10.3. The largest absolute Gasteiger partial charge is 0.481 e. The van der Waals surface area contributed by atoms with Crippen molar-refractivity contribution in [1.82, 2.24) is 14.5 Å². The number of primary sulfonamides is 1. The first-order chi connectivity index (χ1) is 14.1. The average molecular weight is 454 g/mol. The van der Waals surface area contributed by atoms with Crippen molar-refractivity contribution in [3.05, 3.63) is 56.8 Å². The third-order valence-corrected chi connectivity index (χ3v) is 5.62. The SMILES string of the molecule is C=Nc1nc(OC)ccc1-c1c(C)[nH]c(=O)n1Cc1c(F)cc(S(N)(=O)=O)cc1Cl. The van der Waals surface area contributed by atoms with Crippen molar-refractivity contribution in [1.29, 1.82) is 0 Å². The van der Waals surface area contributed by atoms with Gasteiger partial charge in [-0.2, -0.15) is 4.98 Å². The van der Waals surface area contributed by atoms with E-state index in [1.54, 1.807) is 19.1 Å². The van der Waals surface area contributed by atoms with Crippen LogP contribution in [0, 0.1) is 12.7 Å². The lowest BCUT2D eigenvalue weighted by atomic mass is 10.1. The summed E-state index contributed by atoms with van der Waals surface area (Å²) in [5, 5.41) is 4.84. The summed E-state index contributed by atoms with van der Waals surface area (Å²) in [7, 11) is -2.70. The summed E-state index contributed by atoms with van der Waals surface area (Å²) in [6, 6.07) is 5.02. The maximum absolute atomic E-state index is 14.7. The van der Waals surface area contributed by atoms with Crippen LogP contribution in [0.5, 0.6) is 5.88 Å². The third kappa shape index (κ3) is 3.99. The van der Waals surface area contributed by atoms with E-state index in [-0.39, 0.29) is 22.9 Å². The number of benzene rings is 1. The molecule has 3 aromatic rings. The van der Waals surface area contributed by atoms with E-state index in [1.165, 1.54) is 11.7 Å². The molecule has 0 saturated heterocycles.